The Morgan fingerprint density at radius 3 is 2.39 bits per heavy atom. The van der Waals surface area contributed by atoms with Crippen LogP contribution < -0.4 is 15.6 Å². The van der Waals surface area contributed by atoms with Crippen LogP contribution in [0.1, 0.15) is 29.7 Å². The number of rotatable bonds is 6. The van der Waals surface area contributed by atoms with Crippen molar-refractivity contribution in [3.8, 4) is 28.0 Å². The number of methoxy groups -OCH3 is 1. The summed E-state index contributed by atoms with van der Waals surface area (Å²) in [6.07, 6.45) is -6.18. The van der Waals surface area contributed by atoms with Crippen molar-refractivity contribution in [2.45, 2.75) is 30.9 Å². The van der Waals surface area contributed by atoms with Crippen molar-refractivity contribution in [3.05, 3.63) is 83.8 Å². The van der Waals surface area contributed by atoms with Gasteiger partial charge in [0.1, 0.15) is 17.6 Å². The monoisotopic (exact) mass is 577 g/mol. The Hall–Kier alpha value is -4.59. The van der Waals surface area contributed by atoms with E-state index >= 15 is 0 Å². The molecule has 2 unspecified atom stereocenters. The predicted octanol–water partition coefficient (Wildman–Crippen LogP) is 5.46. The number of ether oxygens (including phenoxy) is 1. The molecule has 0 spiro atoms. The minimum Gasteiger partial charge on any atom is -0.497 e. The molecule has 1 aliphatic carbocycles. The van der Waals surface area contributed by atoms with E-state index in [-0.39, 0.29) is 33.8 Å². The number of hydrazine groups is 1. The molecular formula is C27H21F6N5O3. The zero-order chi connectivity index (χ0) is 29.7. The number of aromatic nitrogens is 3. The van der Waals surface area contributed by atoms with Crippen molar-refractivity contribution in [1.82, 2.24) is 20.2 Å². The van der Waals surface area contributed by atoms with E-state index in [1.807, 2.05) is 0 Å². The molecule has 1 amide bonds. The summed E-state index contributed by atoms with van der Waals surface area (Å²) in [5.41, 5.74) is 0.786. The minimum atomic E-state index is -5.04. The highest BCUT2D eigenvalue weighted by Crippen LogP contribution is 2.58. The lowest BCUT2D eigenvalue weighted by molar-refractivity contribution is -0.246. The lowest BCUT2D eigenvalue weighted by Gasteiger charge is -2.28. The van der Waals surface area contributed by atoms with E-state index in [1.165, 1.54) is 55.4 Å². The van der Waals surface area contributed by atoms with Gasteiger partial charge in [0.2, 0.25) is 5.60 Å². The summed E-state index contributed by atoms with van der Waals surface area (Å²) in [6.45, 7) is 1.49. The number of hydrogen-bond acceptors (Lipinski definition) is 6. The van der Waals surface area contributed by atoms with Gasteiger partial charge in [-0.05, 0) is 47.9 Å². The van der Waals surface area contributed by atoms with Crippen molar-refractivity contribution in [1.29, 1.82) is 0 Å². The van der Waals surface area contributed by atoms with Gasteiger partial charge in [0.25, 0.3) is 5.91 Å². The molecule has 2 heterocycles. The van der Waals surface area contributed by atoms with Gasteiger partial charge in [-0.15, -0.1) is 0 Å². The Labute approximate surface area is 228 Å². The normalized spacial score (nSPS) is 17.0. The second-order valence-corrected chi connectivity index (χ2v) is 9.28. The number of anilines is 1. The largest absolute Gasteiger partial charge is 0.497 e. The predicted molar refractivity (Wildman–Crippen MR) is 134 cm³/mol. The molecule has 2 atom stereocenters. The van der Waals surface area contributed by atoms with Crippen LogP contribution in [0.3, 0.4) is 0 Å². The van der Waals surface area contributed by atoms with Gasteiger partial charge < -0.3 is 9.84 Å². The molecule has 14 heteroatoms. The van der Waals surface area contributed by atoms with Gasteiger partial charge in [-0.1, -0.05) is 24.3 Å². The molecule has 2 aromatic heterocycles. The van der Waals surface area contributed by atoms with Gasteiger partial charge in [-0.25, -0.2) is 4.98 Å². The van der Waals surface area contributed by atoms with Crippen LogP contribution in [0.4, 0.5) is 32.2 Å². The van der Waals surface area contributed by atoms with Gasteiger partial charge >= 0.3 is 12.4 Å². The summed E-state index contributed by atoms with van der Waals surface area (Å²) in [7, 11) is 1.29. The van der Waals surface area contributed by atoms with E-state index in [2.05, 4.69) is 20.9 Å². The van der Waals surface area contributed by atoms with Gasteiger partial charge in [-0.3, -0.25) is 20.3 Å². The van der Waals surface area contributed by atoms with Crippen LogP contribution in [0, 0.1) is 0 Å². The number of amides is 1. The third kappa shape index (κ3) is 4.73. The van der Waals surface area contributed by atoms with E-state index in [0.717, 1.165) is 18.2 Å². The summed E-state index contributed by atoms with van der Waals surface area (Å²) in [6, 6.07) is 9.22. The Bertz CT molecular complexity index is 1620. The topological polar surface area (TPSA) is 101 Å². The highest BCUT2D eigenvalue weighted by molar-refractivity contribution is 5.93. The smallest absolute Gasteiger partial charge is 0.425 e. The second-order valence-electron chi connectivity index (χ2n) is 9.28. The van der Waals surface area contributed by atoms with Crippen molar-refractivity contribution >= 4 is 11.7 Å². The van der Waals surface area contributed by atoms with Crippen molar-refractivity contribution in [2.24, 2.45) is 0 Å². The lowest BCUT2D eigenvalue weighted by atomic mass is 9.89. The highest BCUT2D eigenvalue weighted by Gasteiger charge is 2.61. The van der Waals surface area contributed by atoms with Gasteiger partial charge in [-0.2, -0.15) is 31.4 Å². The van der Waals surface area contributed by atoms with E-state index < -0.39 is 41.0 Å². The second kappa shape index (κ2) is 9.80. The van der Waals surface area contributed by atoms with Crippen LogP contribution in [0.15, 0.2) is 67.1 Å². The van der Waals surface area contributed by atoms with Crippen LogP contribution in [0.25, 0.3) is 22.3 Å². The molecule has 0 aliphatic heterocycles. The first kappa shape index (κ1) is 28.0. The maximum atomic E-state index is 14.3. The van der Waals surface area contributed by atoms with E-state index in [1.54, 1.807) is 6.07 Å². The average Bonchev–Trinajstić information content (AvgIpc) is 3.53. The summed E-state index contributed by atoms with van der Waals surface area (Å²) in [5.74, 6) is -0.600. The summed E-state index contributed by atoms with van der Waals surface area (Å²) < 4.78 is 87.7. The lowest BCUT2D eigenvalue weighted by Crippen LogP contribution is -2.41. The van der Waals surface area contributed by atoms with E-state index in [9.17, 15) is 36.2 Å². The molecule has 4 aromatic rings. The number of carbonyl (C=O) groups is 1. The molecule has 0 bridgehead atoms. The molecule has 1 aliphatic rings. The number of hydrogen-bond donors (Lipinski definition) is 3. The number of pyridine rings is 1. The van der Waals surface area contributed by atoms with E-state index in [4.69, 9.17) is 4.74 Å². The molecule has 2 aromatic carbocycles. The first-order valence-corrected chi connectivity index (χ1v) is 12.0. The Morgan fingerprint density at radius 2 is 1.76 bits per heavy atom. The summed E-state index contributed by atoms with van der Waals surface area (Å²) >= 11 is 0. The first-order valence-electron chi connectivity index (χ1n) is 12.0. The fourth-order valence-electron chi connectivity index (χ4n) is 4.68. The number of halogens is 6. The number of nitrogens with zero attached hydrogens (tertiary/aromatic N) is 3. The zero-order valence-electron chi connectivity index (χ0n) is 21.3. The number of benzene rings is 2. The standard InChI is InChI=1S/C27H21F6N5O3/c1-14(24(39)37-36-22-8-7-16(12-34-22)26(28,29)30)38-13-15(11-35-38)19-9-17(41-2)10-21-23(19)18-5-3-4-6-20(18)25(21,40)27(31,32)33/h3-14,40H,1-2H3,(H,34,36)(H,37,39). The maximum absolute atomic E-state index is 14.3. The number of aliphatic hydroxyl groups is 1. The van der Waals surface area contributed by atoms with Gasteiger partial charge in [0.05, 0.1) is 18.9 Å². The fraction of sp³-hybridized carbons (Fsp3) is 0.222. The number of alkyl halides is 6. The molecule has 3 N–H and O–H groups in total. The first-order chi connectivity index (χ1) is 19.3. The fourth-order valence-corrected chi connectivity index (χ4v) is 4.68. The molecule has 8 nitrogen and oxygen atoms in total. The molecule has 0 saturated carbocycles. The summed E-state index contributed by atoms with van der Waals surface area (Å²) in [4.78, 5) is 16.3. The average molecular weight is 577 g/mol. The number of carbonyl (C=O) groups excluding carboxylic acids is 1. The van der Waals surface area contributed by atoms with Crippen molar-refractivity contribution < 1.29 is 41.0 Å². The quantitative estimate of drug-likeness (QED) is 0.208. The van der Waals surface area contributed by atoms with Crippen LogP contribution in [0.5, 0.6) is 5.75 Å². The Balaban J connectivity index is 1.45. The third-order valence-corrected chi connectivity index (χ3v) is 6.83. The highest BCUT2D eigenvalue weighted by atomic mass is 19.4. The minimum absolute atomic E-state index is 0.0394. The van der Waals surface area contributed by atoms with Crippen LogP contribution in [0.2, 0.25) is 0 Å². The van der Waals surface area contributed by atoms with Crippen LogP contribution >= 0.6 is 0 Å². The van der Waals surface area contributed by atoms with Crippen LogP contribution in [-0.4, -0.2) is 39.1 Å². The molecule has 0 fully saturated rings. The molecule has 214 valence electrons. The van der Waals surface area contributed by atoms with Gasteiger partial charge in [0, 0.05) is 29.1 Å². The Kier molecular flexibility index (Phi) is 6.68. The summed E-state index contributed by atoms with van der Waals surface area (Å²) in [5, 5.41) is 15.3. The SMILES string of the molecule is COc1cc(-c2cnn(C(C)C(=O)NNc3ccc(C(F)(F)F)cn3)c2)c2c(c1)C(O)(C(F)(F)F)c1ccccc1-2. The van der Waals surface area contributed by atoms with Crippen molar-refractivity contribution in [3.63, 3.8) is 0 Å². The molecule has 5 rings (SSSR count). The third-order valence-electron chi connectivity index (χ3n) is 6.83. The zero-order valence-corrected chi connectivity index (χ0v) is 21.3. The molecule has 0 saturated heterocycles. The van der Waals surface area contributed by atoms with E-state index in [0.29, 0.717) is 11.8 Å². The number of nitrogens with one attached hydrogen (secondary N) is 2. The Morgan fingerprint density at radius 1 is 1.02 bits per heavy atom. The molecular weight excluding hydrogens is 556 g/mol. The number of fused-ring (bicyclic) bond motifs is 3. The van der Waals surface area contributed by atoms with Gasteiger partial charge in [0.15, 0.2) is 0 Å². The van der Waals surface area contributed by atoms with Crippen molar-refractivity contribution in [2.75, 3.05) is 12.5 Å². The maximum Gasteiger partial charge on any atom is 0.425 e. The van der Waals surface area contributed by atoms with Crippen LogP contribution in [-0.2, 0) is 16.6 Å². The molecule has 41 heavy (non-hydrogen) atoms. The molecule has 0 radical (unpaired) electrons.